The summed E-state index contributed by atoms with van der Waals surface area (Å²) in [5, 5.41) is 0. The van der Waals surface area contributed by atoms with Crippen LogP contribution >= 0.6 is 0 Å². The summed E-state index contributed by atoms with van der Waals surface area (Å²) in [4.78, 5) is 27.9. The minimum Gasteiger partial charge on any atom is -0.356 e. The van der Waals surface area contributed by atoms with Crippen LogP contribution in [0.4, 0.5) is 0 Å². The molecule has 0 bridgehead atoms. The normalized spacial score (nSPS) is 41.5. The van der Waals surface area contributed by atoms with Gasteiger partial charge in [-0.2, -0.15) is 0 Å². The van der Waals surface area contributed by atoms with Crippen LogP contribution in [0.15, 0.2) is 0 Å². The van der Waals surface area contributed by atoms with Crippen molar-refractivity contribution >= 4 is 11.7 Å². The van der Waals surface area contributed by atoms with Crippen molar-refractivity contribution in [3.05, 3.63) is 0 Å². The van der Waals surface area contributed by atoms with Gasteiger partial charge in [0.05, 0.1) is 6.61 Å². The second-order valence-electron chi connectivity index (χ2n) is 5.39. The summed E-state index contributed by atoms with van der Waals surface area (Å²) in [6, 6.07) is -0.360. The minimum atomic E-state index is -0.390. The van der Waals surface area contributed by atoms with Crippen LogP contribution < -0.4 is 0 Å². The molecule has 5 nitrogen and oxygen atoms in total. The van der Waals surface area contributed by atoms with E-state index >= 15 is 0 Å². The Morgan fingerprint density at radius 3 is 2.88 bits per heavy atom. The maximum atomic E-state index is 12.6. The van der Waals surface area contributed by atoms with Crippen LogP contribution in [0.2, 0.25) is 0 Å². The molecule has 3 fully saturated rings. The van der Waals surface area contributed by atoms with Gasteiger partial charge in [-0.1, -0.05) is 0 Å². The molecule has 0 aromatic carbocycles. The van der Waals surface area contributed by atoms with Gasteiger partial charge in [0.15, 0.2) is 5.78 Å². The maximum Gasteiger partial charge on any atom is 0.246 e. The molecule has 0 N–H and O–H groups in total. The Bertz CT molecular complexity index is 384. The van der Waals surface area contributed by atoms with Gasteiger partial charge in [0.25, 0.3) is 0 Å². The average molecular weight is 238 g/mol. The molecule has 0 saturated carbocycles. The fraction of sp³-hybridized carbons (Fsp3) is 0.833. The smallest absolute Gasteiger partial charge is 0.246 e. The van der Waals surface area contributed by atoms with Gasteiger partial charge in [-0.15, -0.1) is 0 Å². The predicted molar refractivity (Wildman–Crippen MR) is 60.3 cm³/mol. The Hall–Kier alpha value is -0.940. The fourth-order valence-electron chi connectivity index (χ4n) is 3.46. The number of likely N-dealkylation sites (tertiary alicyclic amines) is 1. The van der Waals surface area contributed by atoms with E-state index in [1.54, 1.807) is 4.90 Å². The fourth-order valence-corrected chi connectivity index (χ4v) is 3.46. The number of carbonyl (C=O) groups excluding carboxylic acids is 2. The standard InChI is InChI=1S/C12H18N2O3/c1-8(15)9-7-17-10-6-12(11(16)14(9)10)4-3-5-13(12)2/h9-10H,3-7H2,1-2H3. The molecule has 1 spiro atoms. The van der Waals surface area contributed by atoms with Crippen LogP contribution in [-0.2, 0) is 14.3 Å². The molecular formula is C12H18N2O3. The summed E-state index contributed by atoms with van der Waals surface area (Å²) < 4.78 is 5.61. The number of nitrogens with zero attached hydrogens (tertiary/aromatic N) is 2. The molecule has 3 aliphatic rings. The minimum absolute atomic E-state index is 0.0264. The summed E-state index contributed by atoms with van der Waals surface area (Å²) >= 11 is 0. The molecule has 3 rings (SSSR count). The van der Waals surface area contributed by atoms with E-state index in [4.69, 9.17) is 4.74 Å². The van der Waals surface area contributed by atoms with Crippen molar-refractivity contribution in [2.45, 2.75) is 44.0 Å². The first-order valence-corrected chi connectivity index (χ1v) is 6.22. The molecule has 3 heterocycles. The van der Waals surface area contributed by atoms with Crippen LogP contribution in [0.3, 0.4) is 0 Å². The number of Topliss-reactive ketones (excluding diaryl/α,β-unsaturated/α-hetero) is 1. The molecule has 0 aliphatic carbocycles. The van der Waals surface area contributed by atoms with Gasteiger partial charge >= 0.3 is 0 Å². The number of rotatable bonds is 1. The summed E-state index contributed by atoms with van der Waals surface area (Å²) in [7, 11) is 2.00. The number of fused-ring (bicyclic) bond motifs is 1. The average Bonchev–Trinajstić information content (AvgIpc) is 2.89. The first-order chi connectivity index (χ1) is 8.06. The predicted octanol–water partition coefficient (Wildman–Crippen LogP) is -0.00300. The third-order valence-corrected chi connectivity index (χ3v) is 4.52. The lowest BCUT2D eigenvalue weighted by Crippen LogP contribution is -2.51. The van der Waals surface area contributed by atoms with Gasteiger partial charge in [0, 0.05) is 6.42 Å². The van der Waals surface area contributed by atoms with E-state index in [-0.39, 0.29) is 24.0 Å². The molecule has 5 heteroatoms. The molecule has 3 saturated heterocycles. The number of hydrogen-bond acceptors (Lipinski definition) is 4. The highest BCUT2D eigenvalue weighted by atomic mass is 16.5. The van der Waals surface area contributed by atoms with Crippen LogP contribution in [0.1, 0.15) is 26.2 Å². The molecule has 1 amide bonds. The second kappa shape index (κ2) is 3.53. The zero-order valence-electron chi connectivity index (χ0n) is 10.3. The Morgan fingerprint density at radius 2 is 2.29 bits per heavy atom. The zero-order chi connectivity index (χ0) is 12.2. The van der Waals surface area contributed by atoms with E-state index in [0.29, 0.717) is 13.0 Å². The van der Waals surface area contributed by atoms with Crippen LogP contribution in [-0.4, -0.2) is 59.5 Å². The van der Waals surface area contributed by atoms with Gasteiger partial charge in [0.1, 0.15) is 17.8 Å². The van der Waals surface area contributed by atoms with Crippen molar-refractivity contribution in [2.24, 2.45) is 0 Å². The van der Waals surface area contributed by atoms with E-state index in [1.165, 1.54) is 6.92 Å². The Labute approximate surface area is 101 Å². The van der Waals surface area contributed by atoms with Crippen LogP contribution in [0.25, 0.3) is 0 Å². The molecular weight excluding hydrogens is 220 g/mol. The van der Waals surface area contributed by atoms with Crippen molar-refractivity contribution < 1.29 is 14.3 Å². The molecule has 0 radical (unpaired) electrons. The Morgan fingerprint density at radius 1 is 1.53 bits per heavy atom. The van der Waals surface area contributed by atoms with E-state index < -0.39 is 5.54 Å². The topological polar surface area (TPSA) is 49.9 Å². The summed E-state index contributed by atoms with van der Waals surface area (Å²) in [5.74, 6) is 0.124. The SMILES string of the molecule is CC(=O)C1COC2CC3(CCCN3C)C(=O)N21. The highest BCUT2D eigenvalue weighted by Gasteiger charge is 2.60. The number of hydrogen-bond donors (Lipinski definition) is 0. The monoisotopic (exact) mass is 238 g/mol. The summed E-state index contributed by atoms with van der Waals surface area (Å²) in [6.45, 7) is 2.86. The largest absolute Gasteiger partial charge is 0.356 e. The maximum absolute atomic E-state index is 12.6. The van der Waals surface area contributed by atoms with Crippen molar-refractivity contribution in [3.63, 3.8) is 0 Å². The summed E-state index contributed by atoms with van der Waals surface area (Å²) in [6.07, 6.45) is 2.47. The van der Waals surface area contributed by atoms with Gasteiger partial charge in [0.2, 0.25) is 5.91 Å². The van der Waals surface area contributed by atoms with Crippen LogP contribution in [0, 0.1) is 0 Å². The van der Waals surface area contributed by atoms with Crippen molar-refractivity contribution in [1.82, 2.24) is 9.80 Å². The first-order valence-electron chi connectivity index (χ1n) is 6.22. The van der Waals surface area contributed by atoms with Gasteiger partial charge in [-0.25, -0.2) is 0 Å². The quantitative estimate of drug-likeness (QED) is 0.645. The number of amides is 1. The van der Waals surface area contributed by atoms with Gasteiger partial charge < -0.3 is 9.64 Å². The van der Waals surface area contributed by atoms with Crippen LogP contribution in [0.5, 0.6) is 0 Å². The lowest BCUT2D eigenvalue weighted by Gasteiger charge is -2.30. The third kappa shape index (κ3) is 1.32. The third-order valence-electron chi connectivity index (χ3n) is 4.52. The lowest BCUT2D eigenvalue weighted by atomic mass is 9.94. The highest BCUT2D eigenvalue weighted by molar-refractivity contribution is 5.94. The molecule has 17 heavy (non-hydrogen) atoms. The van der Waals surface area contributed by atoms with E-state index in [9.17, 15) is 9.59 Å². The lowest BCUT2D eigenvalue weighted by molar-refractivity contribution is -0.141. The van der Waals surface area contributed by atoms with Gasteiger partial charge in [-0.3, -0.25) is 14.5 Å². The number of ketones is 1. The van der Waals surface area contributed by atoms with Crippen molar-refractivity contribution in [3.8, 4) is 0 Å². The van der Waals surface area contributed by atoms with Gasteiger partial charge in [-0.05, 0) is 33.4 Å². The Balaban J connectivity index is 1.92. The molecule has 0 aromatic rings. The number of ether oxygens (including phenoxy) is 1. The van der Waals surface area contributed by atoms with E-state index in [0.717, 1.165) is 19.4 Å². The van der Waals surface area contributed by atoms with Crippen molar-refractivity contribution in [1.29, 1.82) is 0 Å². The molecule has 3 aliphatic heterocycles. The first kappa shape index (κ1) is 11.2. The van der Waals surface area contributed by atoms with E-state index in [2.05, 4.69) is 4.90 Å². The highest BCUT2D eigenvalue weighted by Crippen LogP contribution is 2.43. The van der Waals surface area contributed by atoms with Crippen molar-refractivity contribution in [2.75, 3.05) is 20.2 Å². The number of likely N-dealkylation sites (N-methyl/N-ethyl adjacent to an activating group) is 1. The molecule has 3 unspecified atom stereocenters. The molecule has 94 valence electrons. The second-order valence-corrected chi connectivity index (χ2v) is 5.39. The summed E-state index contributed by atoms with van der Waals surface area (Å²) in [5.41, 5.74) is -0.390. The molecule has 3 atom stereocenters. The molecule has 0 aromatic heterocycles. The Kier molecular flexibility index (Phi) is 2.32. The zero-order valence-corrected chi connectivity index (χ0v) is 10.3. The number of carbonyl (C=O) groups is 2. The van der Waals surface area contributed by atoms with E-state index in [1.807, 2.05) is 7.05 Å².